The molecule has 0 aliphatic heterocycles. The largest absolute Gasteiger partial charge is 0.317 e. The van der Waals surface area contributed by atoms with Crippen molar-refractivity contribution in [3.8, 4) is 0 Å². The van der Waals surface area contributed by atoms with Crippen LogP contribution in [-0.4, -0.2) is 13.1 Å². The molecule has 0 saturated heterocycles. The minimum atomic E-state index is 0.528. The highest BCUT2D eigenvalue weighted by molar-refractivity contribution is 9.10. The number of benzene rings is 1. The molecular weight excluding hydrogens is 298 g/mol. The first kappa shape index (κ1) is 15.0. The van der Waals surface area contributed by atoms with Gasteiger partial charge in [-0.3, -0.25) is 0 Å². The first-order valence-corrected chi connectivity index (χ1v) is 7.45. The molecule has 0 heterocycles. The van der Waals surface area contributed by atoms with E-state index in [0.717, 1.165) is 15.9 Å². The number of rotatable bonds is 7. The number of hydrogen-bond donors (Lipinski definition) is 1. The average Bonchev–Trinajstić information content (AvgIpc) is 2.31. The van der Waals surface area contributed by atoms with Crippen molar-refractivity contribution in [1.29, 1.82) is 0 Å². The Bertz CT molecular complexity index is 341. The molecule has 0 aliphatic carbocycles. The van der Waals surface area contributed by atoms with Crippen molar-refractivity contribution in [2.45, 2.75) is 45.1 Å². The molecule has 0 aliphatic rings. The Hall–Kier alpha value is -0.0500. The maximum absolute atomic E-state index is 6.23. The molecule has 0 aromatic heterocycles. The van der Waals surface area contributed by atoms with Gasteiger partial charge in [0.1, 0.15) is 0 Å². The lowest BCUT2D eigenvalue weighted by Crippen LogP contribution is -2.27. The fourth-order valence-corrected chi connectivity index (χ4v) is 2.69. The van der Waals surface area contributed by atoms with Gasteiger partial charge in [-0.05, 0) is 37.6 Å². The summed E-state index contributed by atoms with van der Waals surface area (Å²) in [6.07, 6.45) is 6.10. The van der Waals surface area contributed by atoms with Gasteiger partial charge in [-0.25, -0.2) is 0 Å². The Morgan fingerprint density at radius 3 is 2.71 bits per heavy atom. The summed E-state index contributed by atoms with van der Waals surface area (Å²) in [7, 11) is 2.03. The summed E-state index contributed by atoms with van der Waals surface area (Å²) in [5.41, 5.74) is 1.23. The second-order valence-corrected chi connectivity index (χ2v) is 5.74. The Morgan fingerprint density at radius 1 is 1.35 bits per heavy atom. The molecule has 17 heavy (non-hydrogen) atoms. The topological polar surface area (TPSA) is 12.0 Å². The van der Waals surface area contributed by atoms with Gasteiger partial charge in [0, 0.05) is 15.5 Å². The molecular formula is C14H21BrClN. The molecule has 1 atom stereocenters. The fraction of sp³-hybridized carbons (Fsp3) is 0.571. The maximum atomic E-state index is 6.23. The fourth-order valence-electron chi connectivity index (χ4n) is 1.94. The molecule has 1 aromatic rings. The van der Waals surface area contributed by atoms with E-state index in [2.05, 4.69) is 40.3 Å². The van der Waals surface area contributed by atoms with E-state index in [-0.39, 0.29) is 0 Å². The van der Waals surface area contributed by atoms with Gasteiger partial charge in [0.2, 0.25) is 0 Å². The molecule has 1 N–H and O–H groups in total. The van der Waals surface area contributed by atoms with Gasteiger partial charge >= 0.3 is 0 Å². The summed E-state index contributed by atoms with van der Waals surface area (Å²) in [5.74, 6) is 0. The van der Waals surface area contributed by atoms with Gasteiger partial charge in [0.25, 0.3) is 0 Å². The van der Waals surface area contributed by atoms with Crippen molar-refractivity contribution in [1.82, 2.24) is 5.32 Å². The summed E-state index contributed by atoms with van der Waals surface area (Å²) in [6, 6.07) is 6.66. The van der Waals surface area contributed by atoms with Gasteiger partial charge in [-0.1, -0.05) is 59.8 Å². The van der Waals surface area contributed by atoms with Crippen LogP contribution in [0, 0.1) is 0 Å². The van der Waals surface area contributed by atoms with Gasteiger partial charge in [-0.15, -0.1) is 0 Å². The number of hydrogen-bond acceptors (Lipinski definition) is 1. The van der Waals surface area contributed by atoms with Crippen LogP contribution in [0.4, 0.5) is 0 Å². The minimum Gasteiger partial charge on any atom is -0.317 e. The molecule has 0 saturated carbocycles. The highest BCUT2D eigenvalue weighted by Crippen LogP contribution is 2.23. The molecule has 3 heteroatoms. The zero-order chi connectivity index (χ0) is 12.7. The predicted molar refractivity (Wildman–Crippen MR) is 79.8 cm³/mol. The number of nitrogens with one attached hydrogen (secondary N) is 1. The highest BCUT2D eigenvalue weighted by Gasteiger charge is 2.09. The van der Waals surface area contributed by atoms with Crippen LogP contribution in [0.15, 0.2) is 22.7 Å². The van der Waals surface area contributed by atoms with Crippen LogP contribution in [-0.2, 0) is 6.42 Å². The van der Waals surface area contributed by atoms with Crippen molar-refractivity contribution in [3.63, 3.8) is 0 Å². The van der Waals surface area contributed by atoms with Gasteiger partial charge in [0.15, 0.2) is 0 Å². The van der Waals surface area contributed by atoms with E-state index in [0.29, 0.717) is 6.04 Å². The normalized spacial score (nSPS) is 12.7. The van der Waals surface area contributed by atoms with Crippen molar-refractivity contribution in [2.75, 3.05) is 7.05 Å². The average molecular weight is 319 g/mol. The molecule has 0 spiro atoms. The summed E-state index contributed by atoms with van der Waals surface area (Å²) in [5, 5.41) is 4.24. The summed E-state index contributed by atoms with van der Waals surface area (Å²) in [6.45, 7) is 2.24. The van der Waals surface area contributed by atoms with E-state index < -0.39 is 0 Å². The van der Waals surface area contributed by atoms with Gasteiger partial charge in [0.05, 0.1) is 0 Å². The molecule has 96 valence electrons. The third-order valence-electron chi connectivity index (χ3n) is 3.05. The molecule has 0 amide bonds. The van der Waals surface area contributed by atoms with Crippen LogP contribution >= 0.6 is 27.5 Å². The third kappa shape index (κ3) is 5.41. The lowest BCUT2D eigenvalue weighted by molar-refractivity contribution is 0.490. The zero-order valence-corrected chi connectivity index (χ0v) is 12.9. The third-order valence-corrected chi connectivity index (χ3v) is 3.89. The molecule has 0 fully saturated rings. The lowest BCUT2D eigenvalue weighted by Gasteiger charge is -2.17. The van der Waals surface area contributed by atoms with Crippen molar-refractivity contribution in [3.05, 3.63) is 33.3 Å². The molecule has 0 bridgehead atoms. The van der Waals surface area contributed by atoms with Crippen LogP contribution in [0.2, 0.25) is 5.02 Å². The quantitative estimate of drug-likeness (QED) is 0.711. The van der Waals surface area contributed by atoms with E-state index in [9.17, 15) is 0 Å². The molecule has 1 nitrogen and oxygen atoms in total. The maximum Gasteiger partial charge on any atom is 0.0449 e. The Morgan fingerprint density at radius 2 is 2.12 bits per heavy atom. The van der Waals surface area contributed by atoms with Gasteiger partial charge in [-0.2, -0.15) is 0 Å². The predicted octanol–water partition coefficient (Wildman–Crippen LogP) is 4.81. The van der Waals surface area contributed by atoms with E-state index in [1.807, 2.05) is 13.1 Å². The zero-order valence-electron chi connectivity index (χ0n) is 10.6. The van der Waals surface area contributed by atoms with Crippen LogP contribution in [0.5, 0.6) is 0 Å². The van der Waals surface area contributed by atoms with Crippen molar-refractivity contribution >= 4 is 27.5 Å². The molecule has 1 rings (SSSR count). The first-order chi connectivity index (χ1) is 8.17. The lowest BCUT2D eigenvalue weighted by atomic mass is 10.0. The number of halogens is 2. The Labute approximate surface area is 118 Å². The Balaban J connectivity index is 2.54. The molecule has 1 unspecified atom stereocenters. The van der Waals surface area contributed by atoms with E-state index in [1.54, 1.807) is 0 Å². The summed E-state index contributed by atoms with van der Waals surface area (Å²) in [4.78, 5) is 0. The second kappa shape index (κ2) is 8.12. The first-order valence-electron chi connectivity index (χ1n) is 6.28. The standard InChI is InChI=1S/C14H21BrClN/c1-3-4-5-6-13(17-2)9-11-7-8-12(15)10-14(11)16/h7-8,10,13,17H,3-6,9H2,1-2H3. The van der Waals surface area contributed by atoms with Crippen LogP contribution in [0.3, 0.4) is 0 Å². The second-order valence-electron chi connectivity index (χ2n) is 4.42. The number of likely N-dealkylation sites (N-methyl/N-ethyl adjacent to an activating group) is 1. The smallest absolute Gasteiger partial charge is 0.0449 e. The monoisotopic (exact) mass is 317 g/mol. The summed E-state index contributed by atoms with van der Waals surface area (Å²) < 4.78 is 1.04. The van der Waals surface area contributed by atoms with Crippen LogP contribution in [0.25, 0.3) is 0 Å². The van der Waals surface area contributed by atoms with Crippen LogP contribution in [0.1, 0.15) is 38.2 Å². The molecule has 0 radical (unpaired) electrons. The minimum absolute atomic E-state index is 0.528. The highest BCUT2D eigenvalue weighted by atomic mass is 79.9. The summed E-state index contributed by atoms with van der Waals surface area (Å²) >= 11 is 9.66. The Kier molecular flexibility index (Phi) is 7.17. The van der Waals surface area contributed by atoms with E-state index in [1.165, 1.54) is 31.2 Å². The van der Waals surface area contributed by atoms with E-state index >= 15 is 0 Å². The molecule has 1 aromatic carbocycles. The van der Waals surface area contributed by atoms with Crippen LogP contribution < -0.4 is 5.32 Å². The van der Waals surface area contributed by atoms with Crippen molar-refractivity contribution in [2.24, 2.45) is 0 Å². The number of unbranched alkanes of at least 4 members (excludes halogenated alkanes) is 2. The van der Waals surface area contributed by atoms with Gasteiger partial charge < -0.3 is 5.32 Å². The van der Waals surface area contributed by atoms with E-state index in [4.69, 9.17) is 11.6 Å². The van der Waals surface area contributed by atoms with Crippen molar-refractivity contribution < 1.29 is 0 Å². The SMILES string of the molecule is CCCCCC(Cc1ccc(Br)cc1Cl)NC.